The Balaban J connectivity index is 1.67. The van der Waals surface area contributed by atoms with Gasteiger partial charge < -0.3 is 10.6 Å². The molecule has 1 fully saturated rings. The van der Waals surface area contributed by atoms with Gasteiger partial charge in [-0.3, -0.25) is 0 Å². The first-order chi connectivity index (χ1) is 12.4. The van der Waals surface area contributed by atoms with Crippen LogP contribution in [0.1, 0.15) is 19.8 Å². The van der Waals surface area contributed by atoms with Gasteiger partial charge in [-0.25, -0.2) is 14.4 Å². The number of pyridine rings is 1. The number of halogens is 2. The number of hydrogen-bond acceptors (Lipinski definition) is 7. The molecule has 10 heteroatoms. The van der Waals surface area contributed by atoms with E-state index in [9.17, 15) is 4.39 Å². The topological polar surface area (TPSA) is 85.2 Å². The molecule has 3 aromatic rings. The van der Waals surface area contributed by atoms with Crippen LogP contribution in [0, 0.1) is 5.95 Å². The molecule has 4 heterocycles. The van der Waals surface area contributed by atoms with Gasteiger partial charge in [0, 0.05) is 35.9 Å². The van der Waals surface area contributed by atoms with Crippen molar-refractivity contribution in [3.05, 3.63) is 35.8 Å². The number of piperidine rings is 1. The minimum Gasteiger partial charge on any atom is -0.342 e. The van der Waals surface area contributed by atoms with Gasteiger partial charge in [0.25, 0.3) is 0 Å². The van der Waals surface area contributed by atoms with E-state index >= 15 is 0 Å². The van der Waals surface area contributed by atoms with Crippen LogP contribution in [0.15, 0.2) is 34.6 Å². The summed E-state index contributed by atoms with van der Waals surface area (Å²) in [6.07, 6.45) is 6.51. The summed E-state index contributed by atoms with van der Waals surface area (Å²) in [4.78, 5) is 11.6. The maximum absolute atomic E-state index is 13.6. The maximum Gasteiger partial charge on any atom is 0.232 e. The van der Waals surface area contributed by atoms with Crippen LogP contribution in [0.2, 0.25) is 5.02 Å². The average molecular weight is 394 g/mol. The predicted octanol–water partition coefficient (Wildman–Crippen LogP) is 2.78. The van der Waals surface area contributed by atoms with E-state index in [1.54, 1.807) is 18.6 Å². The summed E-state index contributed by atoms with van der Waals surface area (Å²) >= 11 is 7.29. The number of anilines is 1. The highest BCUT2D eigenvalue weighted by molar-refractivity contribution is 7.99. The van der Waals surface area contributed by atoms with E-state index in [-0.39, 0.29) is 10.6 Å². The number of aromatic nitrogens is 5. The van der Waals surface area contributed by atoms with Gasteiger partial charge in [-0.1, -0.05) is 23.4 Å². The molecule has 0 radical (unpaired) electrons. The monoisotopic (exact) mass is 393 g/mol. The Hall–Kier alpha value is -1.97. The minimum absolute atomic E-state index is 0.0162. The van der Waals surface area contributed by atoms with Gasteiger partial charge >= 0.3 is 0 Å². The van der Waals surface area contributed by atoms with E-state index in [2.05, 4.69) is 32.0 Å². The predicted molar refractivity (Wildman–Crippen MR) is 98.1 cm³/mol. The molecule has 4 rings (SSSR count). The number of rotatable bonds is 3. The Labute approximate surface area is 158 Å². The van der Waals surface area contributed by atoms with Crippen molar-refractivity contribution in [2.24, 2.45) is 5.73 Å². The molecular weight excluding hydrogens is 377 g/mol. The van der Waals surface area contributed by atoms with Crippen molar-refractivity contribution >= 4 is 35.0 Å². The van der Waals surface area contributed by atoms with Crippen molar-refractivity contribution in [2.75, 3.05) is 18.0 Å². The van der Waals surface area contributed by atoms with E-state index < -0.39 is 5.95 Å². The van der Waals surface area contributed by atoms with Crippen LogP contribution in [0.3, 0.4) is 0 Å². The molecule has 0 saturated carbocycles. The van der Waals surface area contributed by atoms with Crippen LogP contribution >= 0.6 is 23.4 Å². The molecule has 1 aliphatic heterocycles. The molecule has 136 valence electrons. The number of hydrogen-bond donors (Lipinski definition) is 1. The molecule has 0 atom stereocenters. The molecule has 0 amide bonds. The van der Waals surface area contributed by atoms with Crippen LogP contribution in [0.25, 0.3) is 5.65 Å². The Morgan fingerprint density at radius 1 is 1.27 bits per heavy atom. The lowest BCUT2D eigenvalue weighted by Gasteiger charge is -2.37. The van der Waals surface area contributed by atoms with Gasteiger partial charge in [0.05, 0.1) is 4.90 Å². The lowest BCUT2D eigenvalue weighted by Crippen LogP contribution is -2.48. The Morgan fingerprint density at radius 3 is 2.81 bits per heavy atom. The van der Waals surface area contributed by atoms with Crippen molar-refractivity contribution in [2.45, 2.75) is 35.1 Å². The lowest BCUT2D eigenvalue weighted by molar-refractivity contribution is 0.361. The first-order valence-electron chi connectivity index (χ1n) is 8.15. The van der Waals surface area contributed by atoms with Gasteiger partial charge in [-0.15, -0.1) is 10.2 Å². The third-order valence-electron chi connectivity index (χ3n) is 4.50. The molecular formula is C16H17ClFN7S. The van der Waals surface area contributed by atoms with Crippen molar-refractivity contribution in [1.82, 2.24) is 24.6 Å². The van der Waals surface area contributed by atoms with Crippen LogP contribution in [0.4, 0.5) is 10.3 Å². The van der Waals surface area contributed by atoms with E-state index in [1.165, 1.54) is 18.0 Å². The summed E-state index contributed by atoms with van der Waals surface area (Å²) in [5.41, 5.74) is 6.73. The lowest BCUT2D eigenvalue weighted by atomic mass is 9.91. The van der Waals surface area contributed by atoms with Crippen molar-refractivity contribution < 1.29 is 4.39 Å². The second kappa shape index (κ2) is 6.64. The fourth-order valence-electron chi connectivity index (χ4n) is 2.91. The Kier molecular flexibility index (Phi) is 4.45. The molecule has 7 nitrogen and oxygen atoms in total. The highest BCUT2D eigenvalue weighted by atomic mass is 35.5. The van der Waals surface area contributed by atoms with Gasteiger partial charge in [0.1, 0.15) is 11.3 Å². The van der Waals surface area contributed by atoms with Gasteiger partial charge in [0.15, 0.2) is 5.65 Å². The smallest absolute Gasteiger partial charge is 0.232 e. The standard InChI is InChI=1S/C16H17ClFN7S/c1-16(19)3-6-24(7-4-16)15-21-8-11(14-23-22-9-25(14)15)26-10-2-5-20-13(18)12(10)17/h2,5,8-9H,3-4,6-7,19H2,1H3. The normalized spacial score (nSPS) is 17.0. The highest BCUT2D eigenvalue weighted by Crippen LogP contribution is 2.36. The van der Waals surface area contributed by atoms with Crippen LogP contribution in [-0.2, 0) is 0 Å². The summed E-state index contributed by atoms with van der Waals surface area (Å²) in [6, 6.07) is 1.66. The summed E-state index contributed by atoms with van der Waals surface area (Å²) in [5, 5.41) is 8.20. The van der Waals surface area contributed by atoms with Crippen LogP contribution in [0.5, 0.6) is 0 Å². The highest BCUT2D eigenvalue weighted by Gasteiger charge is 2.28. The van der Waals surface area contributed by atoms with Crippen molar-refractivity contribution in [3.8, 4) is 0 Å². The summed E-state index contributed by atoms with van der Waals surface area (Å²) in [7, 11) is 0. The average Bonchev–Trinajstić information content (AvgIpc) is 3.10. The van der Waals surface area contributed by atoms with E-state index in [1.807, 2.05) is 4.40 Å². The first kappa shape index (κ1) is 17.4. The molecule has 0 spiro atoms. The van der Waals surface area contributed by atoms with Gasteiger partial charge in [-0.2, -0.15) is 4.39 Å². The third-order valence-corrected chi connectivity index (χ3v) is 6.04. The molecule has 26 heavy (non-hydrogen) atoms. The SMILES string of the molecule is CC1(N)CCN(c2ncc(Sc3ccnc(F)c3Cl)c3nncn23)CC1. The molecule has 0 aromatic carbocycles. The quantitative estimate of drug-likeness (QED) is 0.685. The van der Waals surface area contributed by atoms with Gasteiger partial charge in [-0.05, 0) is 25.8 Å². The van der Waals surface area contributed by atoms with Crippen LogP contribution < -0.4 is 10.6 Å². The molecule has 3 aromatic heterocycles. The van der Waals surface area contributed by atoms with E-state index in [0.29, 0.717) is 10.5 Å². The molecule has 0 unspecified atom stereocenters. The molecule has 0 bridgehead atoms. The van der Waals surface area contributed by atoms with Crippen molar-refractivity contribution in [3.63, 3.8) is 0 Å². The summed E-state index contributed by atoms with van der Waals surface area (Å²) < 4.78 is 15.4. The number of fused-ring (bicyclic) bond motifs is 1. The van der Waals surface area contributed by atoms with Gasteiger partial charge in [0.2, 0.25) is 11.9 Å². The summed E-state index contributed by atoms with van der Waals surface area (Å²) in [6.45, 7) is 3.71. The fraction of sp³-hybridized carbons (Fsp3) is 0.375. The molecule has 1 saturated heterocycles. The zero-order valence-electron chi connectivity index (χ0n) is 14.1. The second-order valence-corrected chi connectivity index (χ2v) is 8.07. The molecule has 0 aliphatic carbocycles. The Bertz CT molecular complexity index is 951. The fourth-order valence-corrected chi connectivity index (χ4v) is 4.01. The minimum atomic E-state index is -0.697. The first-order valence-corrected chi connectivity index (χ1v) is 9.34. The largest absolute Gasteiger partial charge is 0.342 e. The third kappa shape index (κ3) is 3.22. The zero-order chi connectivity index (χ0) is 18.3. The summed E-state index contributed by atoms with van der Waals surface area (Å²) in [5.74, 6) is 0.0775. The second-order valence-electron chi connectivity index (χ2n) is 6.60. The molecule has 2 N–H and O–H groups in total. The maximum atomic E-state index is 13.6. The van der Waals surface area contributed by atoms with Crippen LogP contribution in [-0.4, -0.2) is 43.2 Å². The Morgan fingerprint density at radius 2 is 2.04 bits per heavy atom. The number of nitrogens with two attached hydrogens (primary N) is 1. The van der Waals surface area contributed by atoms with E-state index in [4.69, 9.17) is 17.3 Å². The van der Waals surface area contributed by atoms with Crippen molar-refractivity contribution in [1.29, 1.82) is 0 Å². The van der Waals surface area contributed by atoms with E-state index in [0.717, 1.165) is 36.8 Å². The zero-order valence-corrected chi connectivity index (χ0v) is 15.6. The number of nitrogens with zero attached hydrogens (tertiary/aromatic N) is 6. The molecule has 1 aliphatic rings.